The van der Waals surface area contributed by atoms with Crippen LogP contribution < -0.4 is 11.1 Å². The van der Waals surface area contributed by atoms with Gasteiger partial charge in [-0.05, 0) is 0 Å². The highest BCUT2D eigenvalue weighted by molar-refractivity contribution is 6.68. The summed E-state index contributed by atoms with van der Waals surface area (Å²) in [6.45, 7) is 0. The van der Waals surface area contributed by atoms with Crippen molar-refractivity contribution in [3.63, 3.8) is 0 Å². The molecule has 15 heavy (non-hydrogen) atoms. The number of nitrogens with two attached hydrogens (primary N) is 1. The summed E-state index contributed by atoms with van der Waals surface area (Å²) in [6.07, 6.45) is -5.52. The Bertz CT molecular complexity index is 288. The summed E-state index contributed by atoms with van der Waals surface area (Å²) >= 11 is 5.18. The molecule has 0 rings (SSSR count). The van der Waals surface area contributed by atoms with Crippen LogP contribution in [-0.2, 0) is 4.79 Å². The van der Waals surface area contributed by atoms with Gasteiger partial charge in [0.2, 0.25) is 5.91 Å². The molecule has 8 heteroatoms. The van der Waals surface area contributed by atoms with Gasteiger partial charge in [-0.2, -0.15) is 13.2 Å². The number of alkyl halides is 3. The van der Waals surface area contributed by atoms with Crippen molar-refractivity contribution in [3.05, 3.63) is 11.9 Å². The third-order valence-electron chi connectivity index (χ3n) is 1.31. The van der Waals surface area contributed by atoms with E-state index in [-0.39, 0.29) is 5.70 Å². The zero-order valence-electron chi connectivity index (χ0n) is 7.49. The van der Waals surface area contributed by atoms with Crippen LogP contribution >= 0.6 is 11.6 Å². The molecule has 0 aromatic rings. The van der Waals surface area contributed by atoms with E-state index in [2.05, 4.69) is 0 Å². The number of halogens is 4. The Labute approximate surface area is 88.8 Å². The van der Waals surface area contributed by atoms with Crippen LogP contribution in [0.25, 0.3) is 0 Å². The second-order valence-corrected chi connectivity index (χ2v) is 2.94. The lowest BCUT2D eigenvalue weighted by atomic mass is 10.3. The van der Waals surface area contributed by atoms with E-state index in [1.54, 1.807) is 0 Å². The first kappa shape index (κ1) is 13.8. The second kappa shape index (κ2) is 5.59. The van der Waals surface area contributed by atoms with Gasteiger partial charge in [-0.3, -0.25) is 10.2 Å². The smallest absolute Gasteiger partial charge is 0.389 e. The molecule has 0 bridgehead atoms. The number of carbonyl (C=O) groups is 1. The van der Waals surface area contributed by atoms with Gasteiger partial charge in [-0.1, -0.05) is 11.6 Å². The highest BCUT2D eigenvalue weighted by Crippen LogP contribution is 2.21. The molecule has 0 aliphatic rings. The van der Waals surface area contributed by atoms with E-state index in [4.69, 9.17) is 22.7 Å². The Morgan fingerprint density at radius 3 is 2.40 bits per heavy atom. The van der Waals surface area contributed by atoms with Gasteiger partial charge in [0.05, 0.1) is 12.1 Å². The first-order chi connectivity index (χ1) is 6.76. The summed E-state index contributed by atoms with van der Waals surface area (Å²) in [7, 11) is 0. The summed E-state index contributed by atoms with van der Waals surface area (Å²) in [5, 5.41) is 8.32. The number of rotatable bonds is 4. The van der Waals surface area contributed by atoms with E-state index in [1.807, 2.05) is 5.32 Å². The van der Waals surface area contributed by atoms with Crippen molar-refractivity contribution in [2.45, 2.75) is 19.0 Å². The monoisotopic (exact) mass is 243 g/mol. The van der Waals surface area contributed by atoms with Crippen LogP contribution in [0, 0.1) is 5.41 Å². The van der Waals surface area contributed by atoms with Gasteiger partial charge in [0.25, 0.3) is 0 Å². The fraction of sp³-hybridized carbons (Fsp3) is 0.429. The molecule has 86 valence electrons. The molecule has 0 radical (unpaired) electrons. The average molecular weight is 244 g/mol. The van der Waals surface area contributed by atoms with Crippen molar-refractivity contribution >= 4 is 22.7 Å². The molecule has 0 saturated carbocycles. The minimum Gasteiger partial charge on any atom is -0.403 e. The molecule has 0 aliphatic heterocycles. The van der Waals surface area contributed by atoms with E-state index in [1.165, 1.54) is 0 Å². The maximum atomic E-state index is 11.7. The molecule has 0 aromatic carbocycles. The Morgan fingerprint density at radius 1 is 1.53 bits per heavy atom. The Balaban J connectivity index is 4.10. The number of nitrogens with one attached hydrogen (secondary N) is 2. The van der Waals surface area contributed by atoms with Crippen molar-refractivity contribution in [1.82, 2.24) is 5.32 Å². The van der Waals surface area contributed by atoms with Crippen LogP contribution in [0.4, 0.5) is 13.2 Å². The Hall–Kier alpha value is -1.24. The van der Waals surface area contributed by atoms with Gasteiger partial charge in [-0.15, -0.1) is 0 Å². The minimum absolute atomic E-state index is 0.219. The van der Waals surface area contributed by atoms with Crippen LogP contribution in [0.3, 0.4) is 0 Å². The molecule has 1 amide bonds. The first-order valence-corrected chi connectivity index (χ1v) is 4.17. The molecule has 0 aliphatic carbocycles. The van der Waals surface area contributed by atoms with Crippen LogP contribution in [-0.4, -0.2) is 17.3 Å². The van der Waals surface area contributed by atoms with Crippen LogP contribution in [0.5, 0.6) is 0 Å². The van der Waals surface area contributed by atoms with Crippen LogP contribution in [0.1, 0.15) is 12.8 Å². The average Bonchev–Trinajstić information content (AvgIpc) is 2.09. The van der Waals surface area contributed by atoms with Crippen molar-refractivity contribution in [2.24, 2.45) is 5.73 Å². The number of hydrogen-bond donors (Lipinski definition) is 3. The van der Waals surface area contributed by atoms with Gasteiger partial charge < -0.3 is 11.1 Å². The highest BCUT2D eigenvalue weighted by atomic mass is 35.5. The zero-order chi connectivity index (χ0) is 12.1. The second-order valence-electron chi connectivity index (χ2n) is 2.56. The quantitative estimate of drug-likeness (QED) is 0.654. The lowest BCUT2D eigenvalue weighted by Crippen LogP contribution is -2.27. The predicted octanol–water partition coefficient (Wildman–Crippen LogP) is 1.46. The molecule has 4 N–H and O–H groups in total. The summed E-state index contributed by atoms with van der Waals surface area (Å²) in [5.74, 6) is -0.894. The standard InChI is InChI=1S/C7H9ClF3N3O/c8-6(13)4(3-12)14-5(15)1-2-7(9,10)11/h3,13H,1-2,12H2,(H,14,15)/b4-3+,13-6?. The van der Waals surface area contributed by atoms with E-state index >= 15 is 0 Å². The normalized spacial score (nSPS) is 12.4. The van der Waals surface area contributed by atoms with Crippen molar-refractivity contribution in [2.75, 3.05) is 0 Å². The van der Waals surface area contributed by atoms with Gasteiger partial charge in [0, 0.05) is 12.6 Å². The van der Waals surface area contributed by atoms with Crippen molar-refractivity contribution in [3.8, 4) is 0 Å². The SMILES string of the molecule is N=C(Cl)/C(=C\N)NC(=O)CCC(F)(F)F. The number of amides is 1. The molecule has 4 nitrogen and oxygen atoms in total. The molecule has 0 atom stereocenters. The van der Waals surface area contributed by atoms with E-state index in [0.29, 0.717) is 0 Å². The van der Waals surface area contributed by atoms with Gasteiger partial charge in [0.1, 0.15) is 5.17 Å². The number of hydrogen-bond acceptors (Lipinski definition) is 3. The fourth-order valence-electron chi connectivity index (χ4n) is 0.638. The largest absolute Gasteiger partial charge is 0.403 e. The topological polar surface area (TPSA) is 79.0 Å². The van der Waals surface area contributed by atoms with Gasteiger partial charge >= 0.3 is 6.18 Å². The van der Waals surface area contributed by atoms with Gasteiger partial charge in [0.15, 0.2) is 0 Å². The van der Waals surface area contributed by atoms with Gasteiger partial charge in [-0.25, -0.2) is 0 Å². The van der Waals surface area contributed by atoms with E-state index in [9.17, 15) is 18.0 Å². The summed E-state index contributed by atoms with van der Waals surface area (Å²) in [5.41, 5.74) is 4.76. The third kappa shape index (κ3) is 6.78. The molecular weight excluding hydrogens is 235 g/mol. The zero-order valence-corrected chi connectivity index (χ0v) is 8.24. The molecule has 0 fully saturated rings. The fourth-order valence-corrected chi connectivity index (χ4v) is 0.748. The maximum absolute atomic E-state index is 11.7. The molecular formula is C7H9ClF3N3O. The summed E-state index contributed by atoms with van der Waals surface area (Å²) < 4.78 is 35.1. The maximum Gasteiger partial charge on any atom is 0.389 e. The third-order valence-corrected chi connectivity index (χ3v) is 1.52. The molecule has 0 saturated heterocycles. The number of allylic oxidation sites excluding steroid dienone is 1. The van der Waals surface area contributed by atoms with E-state index < -0.39 is 30.1 Å². The van der Waals surface area contributed by atoms with Crippen molar-refractivity contribution in [1.29, 1.82) is 5.41 Å². The number of carbonyl (C=O) groups excluding carboxylic acids is 1. The highest BCUT2D eigenvalue weighted by Gasteiger charge is 2.28. The minimum atomic E-state index is -4.39. The van der Waals surface area contributed by atoms with E-state index in [0.717, 1.165) is 6.20 Å². The van der Waals surface area contributed by atoms with Crippen molar-refractivity contribution < 1.29 is 18.0 Å². The molecule has 0 unspecified atom stereocenters. The molecule has 0 spiro atoms. The van der Waals surface area contributed by atoms with Crippen LogP contribution in [0.2, 0.25) is 0 Å². The Morgan fingerprint density at radius 2 is 2.07 bits per heavy atom. The molecule has 0 heterocycles. The Kier molecular flexibility index (Phi) is 5.13. The lowest BCUT2D eigenvalue weighted by Gasteiger charge is -2.08. The predicted molar refractivity (Wildman–Crippen MR) is 49.3 cm³/mol. The summed E-state index contributed by atoms with van der Waals surface area (Å²) in [4.78, 5) is 10.9. The molecule has 0 aromatic heterocycles. The lowest BCUT2D eigenvalue weighted by molar-refractivity contribution is -0.143. The summed E-state index contributed by atoms with van der Waals surface area (Å²) in [6, 6.07) is 0. The van der Waals surface area contributed by atoms with Crippen LogP contribution in [0.15, 0.2) is 11.9 Å². The first-order valence-electron chi connectivity index (χ1n) is 3.79.